The summed E-state index contributed by atoms with van der Waals surface area (Å²) < 4.78 is 5.04. The first-order valence-corrected chi connectivity index (χ1v) is 22.3. The van der Waals surface area contributed by atoms with Crippen molar-refractivity contribution in [3.05, 3.63) is 243 Å². The highest BCUT2D eigenvalue weighted by atomic mass is 32.1. The van der Waals surface area contributed by atoms with Gasteiger partial charge in [0, 0.05) is 53.7 Å². The molecule has 10 aromatic carbocycles. The fraction of sp³-hybridized carbons (Fsp3) is 0. The van der Waals surface area contributed by atoms with E-state index in [1.165, 1.54) is 86.5 Å². The van der Waals surface area contributed by atoms with Gasteiger partial charge >= 0.3 is 0 Å². The molecular weight excluding hydrogens is 781 g/mol. The average molecular weight is 821 g/mol. The molecule has 0 atom stereocenters. The number of hydrogen-bond acceptors (Lipinski definition) is 2. The van der Waals surface area contributed by atoms with Crippen molar-refractivity contribution < 1.29 is 0 Å². The van der Waals surface area contributed by atoms with Gasteiger partial charge in [-0.2, -0.15) is 0 Å². The number of para-hydroxylation sites is 2. The predicted molar refractivity (Wildman–Crippen MR) is 270 cm³/mol. The summed E-state index contributed by atoms with van der Waals surface area (Å²) in [6, 6.07) is 88.2. The van der Waals surface area contributed by atoms with Crippen LogP contribution in [0.15, 0.2) is 243 Å². The Labute approximate surface area is 370 Å². The summed E-state index contributed by atoms with van der Waals surface area (Å²) in [6.45, 7) is 0. The van der Waals surface area contributed by atoms with E-state index < -0.39 is 0 Å². The Kier molecular flexibility index (Phi) is 9.06. The number of hydrogen-bond donors (Lipinski definition) is 0. The molecule has 0 unspecified atom stereocenters. The normalized spacial score (nSPS) is 11.5. The van der Waals surface area contributed by atoms with Crippen LogP contribution in [0.4, 0.5) is 17.1 Å². The zero-order valence-electron chi connectivity index (χ0n) is 34.4. The Hall–Kier alpha value is -7.98. The van der Waals surface area contributed by atoms with E-state index in [9.17, 15) is 0 Å². The molecule has 0 saturated carbocycles. The van der Waals surface area contributed by atoms with Crippen molar-refractivity contribution in [3.8, 4) is 50.2 Å². The molecule has 12 rings (SSSR count). The quantitative estimate of drug-likeness (QED) is 0.148. The third kappa shape index (κ3) is 6.58. The molecule has 12 aromatic rings. The molecule has 0 saturated heterocycles. The van der Waals surface area contributed by atoms with Crippen molar-refractivity contribution in [2.24, 2.45) is 0 Å². The topological polar surface area (TPSA) is 8.17 Å². The number of anilines is 3. The van der Waals surface area contributed by atoms with Gasteiger partial charge in [0.2, 0.25) is 0 Å². The number of aromatic nitrogens is 1. The van der Waals surface area contributed by atoms with Crippen LogP contribution in [0.5, 0.6) is 0 Å². The fourth-order valence-corrected chi connectivity index (χ4v) is 10.6. The molecule has 0 aliphatic carbocycles. The second kappa shape index (κ2) is 15.5. The molecule has 0 spiro atoms. The maximum atomic E-state index is 2.38. The van der Waals surface area contributed by atoms with E-state index in [0.717, 1.165) is 22.7 Å². The molecular formula is C60H40N2S. The van der Waals surface area contributed by atoms with Crippen molar-refractivity contribution in [2.75, 3.05) is 4.90 Å². The third-order valence-electron chi connectivity index (χ3n) is 12.4. The largest absolute Gasteiger partial charge is 0.311 e. The van der Waals surface area contributed by atoms with Gasteiger partial charge in [0.25, 0.3) is 0 Å². The third-order valence-corrected chi connectivity index (χ3v) is 13.6. The number of fused-ring (bicyclic) bond motifs is 6. The summed E-state index contributed by atoms with van der Waals surface area (Å²) in [4.78, 5) is 2.36. The first-order chi connectivity index (χ1) is 31.2. The van der Waals surface area contributed by atoms with Gasteiger partial charge in [0.05, 0.1) is 11.0 Å². The number of benzene rings is 10. The average Bonchev–Trinajstić information content (AvgIpc) is 3.91. The summed E-state index contributed by atoms with van der Waals surface area (Å²) in [5, 5.41) is 5.16. The maximum Gasteiger partial charge on any atom is 0.0547 e. The molecule has 2 heterocycles. The first-order valence-electron chi connectivity index (χ1n) is 21.5. The highest BCUT2D eigenvalue weighted by Crippen LogP contribution is 2.42. The molecule has 296 valence electrons. The summed E-state index contributed by atoms with van der Waals surface area (Å²) in [7, 11) is 0. The molecule has 0 fully saturated rings. The molecule has 2 nitrogen and oxygen atoms in total. The van der Waals surface area contributed by atoms with E-state index in [0.29, 0.717) is 0 Å². The standard InChI is InChI=1S/C60H40N2S/c1-3-13-41(14-4-1)42-25-32-49(33-26-42)61(50-34-27-43(28-35-50)45-15-11-16-47(39-45)52-21-12-22-56-55-20-8-10-24-59(55)63-60(52)56)51-36-29-44(30-37-51)46-31-38-54-53-19-7-9-23-57(53)62(58(54)40-46)48-17-5-2-6-18-48/h1-40H. The van der Waals surface area contributed by atoms with Crippen LogP contribution in [-0.4, -0.2) is 4.57 Å². The summed E-state index contributed by atoms with van der Waals surface area (Å²) in [5.74, 6) is 0. The van der Waals surface area contributed by atoms with Crippen LogP contribution in [0.3, 0.4) is 0 Å². The van der Waals surface area contributed by atoms with Crippen molar-refractivity contribution in [3.63, 3.8) is 0 Å². The minimum absolute atomic E-state index is 1.09. The van der Waals surface area contributed by atoms with Crippen LogP contribution >= 0.6 is 11.3 Å². The predicted octanol–water partition coefficient (Wildman–Crippen LogP) is 17.3. The van der Waals surface area contributed by atoms with E-state index in [2.05, 4.69) is 252 Å². The van der Waals surface area contributed by atoms with Crippen LogP contribution < -0.4 is 4.90 Å². The zero-order valence-corrected chi connectivity index (χ0v) is 35.2. The van der Waals surface area contributed by atoms with Gasteiger partial charge in [0.15, 0.2) is 0 Å². The summed E-state index contributed by atoms with van der Waals surface area (Å²) in [6.07, 6.45) is 0. The zero-order chi connectivity index (χ0) is 41.7. The molecule has 3 heteroatoms. The van der Waals surface area contributed by atoms with Gasteiger partial charge in [-0.15, -0.1) is 11.3 Å². The van der Waals surface area contributed by atoms with Gasteiger partial charge in [-0.3, -0.25) is 0 Å². The van der Waals surface area contributed by atoms with Crippen LogP contribution in [-0.2, 0) is 0 Å². The Morgan fingerprint density at radius 1 is 0.302 bits per heavy atom. The first kappa shape index (κ1) is 36.8. The molecule has 0 aliphatic rings. The Balaban J connectivity index is 0.909. The maximum absolute atomic E-state index is 2.38. The van der Waals surface area contributed by atoms with Gasteiger partial charge in [-0.25, -0.2) is 0 Å². The highest BCUT2D eigenvalue weighted by Gasteiger charge is 2.17. The van der Waals surface area contributed by atoms with Gasteiger partial charge in [-0.1, -0.05) is 170 Å². The Bertz CT molecular complexity index is 3580. The second-order valence-corrected chi connectivity index (χ2v) is 17.2. The lowest BCUT2D eigenvalue weighted by molar-refractivity contribution is 1.18. The molecule has 63 heavy (non-hydrogen) atoms. The van der Waals surface area contributed by atoms with Crippen LogP contribution in [0, 0.1) is 0 Å². The highest BCUT2D eigenvalue weighted by molar-refractivity contribution is 7.26. The van der Waals surface area contributed by atoms with E-state index in [1.54, 1.807) is 0 Å². The molecule has 0 bridgehead atoms. The SMILES string of the molecule is c1ccc(-c2ccc(N(c3ccc(-c4cccc(-c5cccc6c5sc5ccccc56)c4)cc3)c3ccc(-c4ccc5c6ccccc6n(-c6ccccc6)c5c4)cc3)cc2)cc1. The number of thiophene rings is 1. The number of nitrogens with zero attached hydrogens (tertiary/aromatic N) is 2. The van der Waals surface area contributed by atoms with Crippen molar-refractivity contribution >= 4 is 70.4 Å². The lowest BCUT2D eigenvalue weighted by Crippen LogP contribution is -2.09. The molecule has 0 radical (unpaired) electrons. The van der Waals surface area contributed by atoms with Crippen LogP contribution in [0.25, 0.3) is 92.2 Å². The minimum Gasteiger partial charge on any atom is -0.311 e. The van der Waals surface area contributed by atoms with E-state index in [-0.39, 0.29) is 0 Å². The second-order valence-electron chi connectivity index (χ2n) is 16.1. The smallest absolute Gasteiger partial charge is 0.0547 e. The van der Waals surface area contributed by atoms with Gasteiger partial charge in [-0.05, 0) is 117 Å². The fourth-order valence-electron chi connectivity index (χ4n) is 9.33. The van der Waals surface area contributed by atoms with E-state index >= 15 is 0 Å². The molecule has 0 aliphatic heterocycles. The van der Waals surface area contributed by atoms with Gasteiger partial charge < -0.3 is 9.47 Å². The minimum atomic E-state index is 1.09. The van der Waals surface area contributed by atoms with Crippen LogP contribution in [0.1, 0.15) is 0 Å². The van der Waals surface area contributed by atoms with Crippen LogP contribution in [0.2, 0.25) is 0 Å². The monoisotopic (exact) mass is 820 g/mol. The molecule has 2 aromatic heterocycles. The summed E-state index contributed by atoms with van der Waals surface area (Å²) in [5.41, 5.74) is 16.5. The van der Waals surface area contributed by atoms with Crippen molar-refractivity contribution in [1.82, 2.24) is 4.57 Å². The summed E-state index contributed by atoms with van der Waals surface area (Å²) >= 11 is 1.88. The van der Waals surface area contributed by atoms with E-state index in [1.807, 2.05) is 11.3 Å². The Morgan fingerprint density at radius 2 is 0.778 bits per heavy atom. The van der Waals surface area contributed by atoms with E-state index in [4.69, 9.17) is 0 Å². The lowest BCUT2D eigenvalue weighted by atomic mass is 9.97. The number of rotatable bonds is 8. The molecule has 0 N–H and O–H groups in total. The Morgan fingerprint density at radius 3 is 1.48 bits per heavy atom. The van der Waals surface area contributed by atoms with Gasteiger partial charge in [0.1, 0.15) is 0 Å². The van der Waals surface area contributed by atoms with Crippen molar-refractivity contribution in [1.29, 1.82) is 0 Å². The lowest BCUT2D eigenvalue weighted by Gasteiger charge is -2.26. The van der Waals surface area contributed by atoms with Crippen molar-refractivity contribution in [2.45, 2.75) is 0 Å². The molecule has 0 amide bonds.